The Morgan fingerprint density at radius 1 is 0.902 bits per heavy atom. The second-order valence-corrected chi connectivity index (χ2v) is 20.6. The van der Waals surface area contributed by atoms with Gasteiger partial charge in [-0.15, -0.1) is 0 Å². The first-order valence-corrected chi connectivity index (χ1v) is 23.2. The van der Waals surface area contributed by atoms with E-state index in [9.17, 15) is 30.0 Å². The largest absolute Gasteiger partial charge is 0.481 e. The lowest BCUT2D eigenvalue weighted by Crippen LogP contribution is -2.63. The summed E-state index contributed by atoms with van der Waals surface area (Å²) in [6.45, 7) is 20.9. The first kappa shape index (κ1) is 48.9. The van der Waals surface area contributed by atoms with Crippen molar-refractivity contribution in [2.24, 2.45) is 47.3 Å². The maximum Gasteiger partial charge on any atom is 0.306 e. The van der Waals surface area contributed by atoms with Crippen LogP contribution < -0.4 is 0 Å². The number of aliphatic carboxylic acids is 1. The van der Waals surface area contributed by atoms with Crippen LogP contribution in [0, 0.1) is 47.3 Å². The molecular formula is C47H78O14. The van der Waals surface area contributed by atoms with Gasteiger partial charge in [0.05, 0.1) is 67.0 Å². The monoisotopic (exact) mass is 867 g/mol. The zero-order chi connectivity index (χ0) is 45.0. The molecule has 6 fully saturated rings. The summed E-state index contributed by atoms with van der Waals surface area (Å²) < 4.78 is 53.9. The number of aliphatic hydroxyl groups excluding tert-OH is 2. The van der Waals surface area contributed by atoms with Gasteiger partial charge in [0, 0.05) is 68.3 Å². The average Bonchev–Trinajstić information content (AvgIpc) is 3.71. The molecule has 0 aromatic rings. The molecule has 0 radical (unpaired) electrons. The summed E-state index contributed by atoms with van der Waals surface area (Å²) >= 11 is 0. The first-order valence-electron chi connectivity index (χ1n) is 23.2. The molecule has 2 spiro atoms. The third kappa shape index (κ3) is 9.71. The maximum atomic E-state index is 13.4. The summed E-state index contributed by atoms with van der Waals surface area (Å²) in [6.07, 6.45) is 3.25. The van der Waals surface area contributed by atoms with Gasteiger partial charge in [0.15, 0.2) is 29.4 Å². The van der Waals surface area contributed by atoms with Crippen LogP contribution in [0.15, 0.2) is 11.6 Å². The van der Waals surface area contributed by atoms with Gasteiger partial charge in [-0.2, -0.15) is 0 Å². The topological polar surface area (TPSA) is 189 Å². The number of rotatable bonds is 13. The fraction of sp³-hybridized carbons (Fsp3) is 0.915. The van der Waals surface area contributed by atoms with Crippen molar-refractivity contribution in [3.63, 3.8) is 0 Å². The number of carboxylic acid groups (broad SMARTS) is 1. The van der Waals surface area contributed by atoms with Crippen LogP contribution in [0.3, 0.4) is 0 Å². The van der Waals surface area contributed by atoms with E-state index in [4.69, 9.17) is 37.9 Å². The highest BCUT2D eigenvalue weighted by Gasteiger charge is 2.65. The van der Waals surface area contributed by atoms with Gasteiger partial charge < -0.3 is 58.3 Å². The molecule has 0 amide bonds. The van der Waals surface area contributed by atoms with Crippen molar-refractivity contribution in [1.82, 2.24) is 0 Å². The number of carbonyl (C=O) groups is 2. The molecular weight excluding hydrogens is 789 g/mol. The highest BCUT2D eigenvalue weighted by Crippen LogP contribution is 2.56. The Morgan fingerprint density at radius 3 is 2.25 bits per heavy atom. The summed E-state index contributed by atoms with van der Waals surface area (Å²) in [5, 5.41) is 42.5. The van der Waals surface area contributed by atoms with Crippen molar-refractivity contribution in [3.05, 3.63) is 11.6 Å². The molecule has 0 saturated carbocycles. The van der Waals surface area contributed by atoms with Crippen molar-refractivity contribution < 1.29 is 67.9 Å². The molecule has 6 heterocycles. The van der Waals surface area contributed by atoms with E-state index in [0.29, 0.717) is 44.1 Å². The molecule has 4 N–H and O–H groups in total. The van der Waals surface area contributed by atoms with Crippen LogP contribution in [0.4, 0.5) is 0 Å². The Hall–Kier alpha value is -1.56. The Labute approximate surface area is 363 Å². The molecule has 350 valence electrons. The van der Waals surface area contributed by atoms with Crippen LogP contribution in [0.2, 0.25) is 0 Å². The number of carbonyl (C=O) groups excluding carboxylic acids is 1. The number of Topliss-reactive ketones (excluding diaryl/α,β-unsaturated/α-hetero) is 1. The van der Waals surface area contributed by atoms with Gasteiger partial charge in [-0.25, -0.2) is 0 Å². The molecule has 14 heteroatoms. The molecule has 0 aliphatic carbocycles. The molecule has 61 heavy (non-hydrogen) atoms. The lowest BCUT2D eigenvalue weighted by atomic mass is 9.76. The van der Waals surface area contributed by atoms with Gasteiger partial charge in [0.25, 0.3) is 0 Å². The summed E-state index contributed by atoms with van der Waals surface area (Å²) in [7, 11) is 1.70. The number of hydrogen-bond acceptors (Lipinski definition) is 13. The maximum absolute atomic E-state index is 13.4. The minimum atomic E-state index is -1.66. The van der Waals surface area contributed by atoms with Crippen LogP contribution in [0.5, 0.6) is 0 Å². The molecule has 6 rings (SSSR count). The van der Waals surface area contributed by atoms with E-state index in [1.807, 2.05) is 33.8 Å². The lowest BCUT2D eigenvalue weighted by molar-refractivity contribution is -0.390. The van der Waals surface area contributed by atoms with Crippen LogP contribution in [0.1, 0.15) is 134 Å². The molecule has 14 nitrogen and oxygen atoms in total. The third-order valence-electron chi connectivity index (χ3n) is 15.9. The quantitative estimate of drug-likeness (QED) is 0.154. The van der Waals surface area contributed by atoms with Crippen molar-refractivity contribution in [2.45, 2.75) is 212 Å². The smallest absolute Gasteiger partial charge is 0.306 e. The third-order valence-corrected chi connectivity index (χ3v) is 15.9. The van der Waals surface area contributed by atoms with E-state index >= 15 is 0 Å². The van der Waals surface area contributed by atoms with Gasteiger partial charge in [-0.05, 0) is 64.4 Å². The molecule has 13 unspecified atom stereocenters. The minimum Gasteiger partial charge on any atom is -0.481 e. The SMILES string of the molecule is COC1CCC(OC2C[C@H]([C@]3(C)CC[C@]4(CC(O)C(C)[C@@H](C(C)C=C(C)C(=O)C(C)CC(C)C(=O)O)O4)O3)O[C@]3(O[C@@H]([C@H]4O[C@@](O)(CO)C(C)CC4C)CC3C)C2C)OC1C. The zero-order valence-corrected chi connectivity index (χ0v) is 38.8. The summed E-state index contributed by atoms with van der Waals surface area (Å²) in [6, 6.07) is 0. The van der Waals surface area contributed by atoms with Crippen LogP contribution in [-0.2, 0) is 47.5 Å². The first-order chi connectivity index (χ1) is 28.5. The molecule has 0 aromatic carbocycles. The number of allylic oxidation sites excluding steroid dienone is 1. The predicted molar refractivity (Wildman–Crippen MR) is 224 cm³/mol. The normalized spacial score (nSPS) is 48.6. The van der Waals surface area contributed by atoms with Gasteiger partial charge in [-0.3, -0.25) is 9.59 Å². The fourth-order valence-corrected chi connectivity index (χ4v) is 11.8. The molecule has 0 aromatic heterocycles. The van der Waals surface area contributed by atoms with Crippen molar-refractivity contribution in [2.75, 3.05) is 13.7 Å². The van der Waals surface area contributed by atoms with E-state index in [2.05, 4.69) is 27.7 Å². The van der Waals surface area contributed by atoms with Crippen LogP contribution in [0.25, 0.3) is 0 Å². The fourth-order valence-electron chi connectivity index (χ4n) is 11.8. The zero-order valence-electron chi connectivity index (χ0n) is 38.8. The van der Waals surface area contributed by atoms with Crippen LogP contribution >= 0.6 is 0 Å². The highest BCUT2D eigenvalue weighted by atomic mass is 16.8. The number of ether oxygens (including phenoxy) is 8. The standard InChI is InChI=1S/C47H78O14/c1-24(40(50)25(2)18-28(5)43(51)52)17-26(3)41-31(8)34(49)22-45(59-41)16-15-44(11,61-45)38-21-36(56-39-14-13-35(54-12)33(10)55-39)32(9)47(58-38)30(7)20-37(57-47)42-27(4)19-29(6)46(53,23-48)60-42/h17,25-39,41-42,48-49,53H,13-16,18-23H2,1-12H3,(H,51,52)/t25?,26?,27?,28?,29?,30?,31?,32?,33?,34?,35?,36?,37-,38-,39?,41-,42+,44+,45-,46+,47+/m1/s1. The summed E-state index contributed by atoms with van der Waals surface area (Å²) in [4.78, 5) is 24.8. The highest BCUT2D eigenvalue weighted by molar-refractivity contribution is 5.96. The second kappa shape index (κ2) is 18.7. The summed E-state index contributed by atoms with van der Waals surface area (Å²) in [5.74, 6) is -7.01. The number of ketones is 1. The Morgan fingerprint density at radius 2 is 1.61 bits per heavy atom. The number of carboxylic acids is 1. The van der Waals surface area contributed by atoms with E-state index in [1.54, 1.807) is 27.9 Å². The average molecular weight is 867 g/mol. The second-order valence-electron chi connectivity index (χ2n) is 20.6. The van der Waals surface area contributed by atoms with Gasteiger partial charge in [-0.1, -0.05) is 61.5 Å². The van der Waals surface area contributed by atoms with Crippen molar-refractivity contribution in [3.8, 4) is 0 Å². The molecule has 21 atom stereocenters. The van der Waals surface area contributed by atoms with E-state index in [-0.39, 0.29) is 72.4 Å². The van der Waals surface area contributed by atoms with E-state index < -0.39 is 84.2 Å². The predicted octanol–water partition coefficient (Wildman–Crippen LogP) is 6.15. The number of hydrogen-bond donors (Lipinski definition) is 4. The molecule has 6 aliphatic rings. The van der Waals surface area contributed by atoms with Gasteiger partial charge in [0.2, 0.25) is 0 Å². The number of methoxy groups -OCH3 is 1. The minimum absolute atomic E-state index is 0.0130. The number of aliphatic hydroxyl groups is 3. The Bertz CT molecular complexity index is 1570. The van der Waals surface area contributed by atoms with Crippen molar-refractivity contribution >= 4 is 11.8 Å². The van der Waals surface area contributed by atoms with Gasteiger partial charge in [0.1, 0.15) is 0 Å². The van der Waals surface area contributed by atoms with Crippen LogP contribution in [-0.4, -0.2) is 124 Å². The Balaban J connectivity index is 1.24. The molecule has 0 bridgehead atoms. The van der Waals surface area contributed by atoms with E-state index in [0.717, 1.165) is 6.42 Å². The molecule has 6 aliphatic heterocycles. The van der Waals surface area contributed by atoms with Gasteiger partial charge >= 0.3 is 5.97 Å². The Kier molecular flexibility index (Phi) is 15.0. The van der Waals surface area contributed by atoms with Crippen molar-refractivity contribution in [1.29, 1.82) is 0 Å². The lowest BCUT2D eigenvalue weighted by Gasteiger charge is -2.54. The molecule has 6 saturated heterocycles. The van der Waals surface area contributed by atoms with E-state index in [1.165, 1.54) is 0 Å². The summed E-state index contributed by atoms with van der Waals surface area (Å²) in [5.41, 5.74) is -0.326.